The van der Waals surface area contributed by atoms with Crippen LogP contribution in [-0.2, 0) is 11.3 Å². The Morgan fingerprint density at radius 1 is 1.19 bits per heavy atom. The Balaban J connectivity index is 1.63. The number of aryl methyl sites for hydroxylation is 3. The molecule has 0 unspecified atom stereocenters. The topological polar surface area (TPSA) is 53.4 Å². The molecule has 3 rings (SSSR count). The molecule has 1 aromatic carbocycles. The molecule has 31 heavy (non-hydrogen) atoms. The Kier molecular flexibility index (Phi) is 8.15. The second kappa shape index (κ2) is 10.8. The molecule has 1 aliphatic rings. The number of benzene rings is 1. The van der Waals surface area contributed by atoms with Gasteiger partial charge in [0.2, 0.25) is 5.91 Å². The van der Waals surface area contributed by atoms with E-state index in [9.17, 15) is 4.79 Å². The number of amides is 1. The van der Waals surface area contributed by atoms with Crippen LogP contribution in [0.4, 0.5) is 11.4 Å². The van der Waals surface area contributed by atoms with E-state index in [1.807, 2.05) is 19.9 Å². The first-order valence-electron chi connectivity index (χ1n) is 11.2. The highest BCUT2D eigenvalue weighted by Crippen LogP contribution is 2.25. The van der Waals surface area contributed by atoms with Gasteiger partial charge in [-0.25, -0.2) is 0 Å². The molecule has 1 fully saturated rings. The molecule has 2 heterocycles. The summed E-state index contributed by atoms with van der Waals surface area (Å²) < 4.78 is 1.81. The molecule has 0 aliphatic carbocycles. The average Bonchev–Trinajstić information content (AvgIpc) is 3.04. The number of rotatable bonds is 8. The lowest BCUT2D eigenvalue weighted by Gasteiger charge is -2.35. The van der Waals surface area contributed by atoms with E-state index in [0.717, 1.165) is 74.6 Å². The zero-order valence-corrected chi connectivity index (χ0v) is 19.9. The molecular formula is C24H34ClN5O. The predicted molar refractivity (Wildman–Crippen MR) is 130 cm³/mol. The highest BCUT2D eigenvalue weighted by molar-refractivity contribution is 6.31. The van der Waals surface area contributed by atoms with E-state index in [-0.39, 0.29) is 5.91 Å². The maximum absolute atomic E-state index is 12.5. The lowest BCUT2D eigenvalue weighted by atomic mass is 10.1. The number of anilines is 2. The smallest absolute Gasteiger partial charge is 0.248 e. The Morgan fingerprint density at radius 3 is 2.58 bits per heavy atom. The lowest BCUT2D eigenvalue weighted by Crippen LogP contribution is -2.46. The molecule has 0 saturated carbocycles. The third-order valence-electron chi connectivity index (χ3n) is 5.89. The quantitative estimate of drug-likeness (QED) is 0.598. The number of piperazine rings is 1. The molecule has 0 spiro atoms. The van der Waals surface area contributed by atoms with Crippen LogP contribution in [0.2, 0.25) is 5.15 Å². The highest BCUT2D eigenvalue weighted by Gasteiger charge is 2.16. The van der Waals surface area contributed by atoms with Gasteiger partial charge in [0.1, 0.15) is 5.15 Å². The van der Waals surface area contributed by atoms with Crippen molar-refractivity contribution < 1.29 is 4.79 Å². The summed E-state index contributed by atoms with van der Waals surface area (Å²) in [6.45, 7) is 14.4. The standard InChI is InChI=1S/C24H34ClN5O/c1-5-7-12-30-24(25)21(19(4)27-30)9-11-23(31)26-22-10-8-20(17-18(22)3)29-15-13-28(6-2)14-16-29/h8-11,17H,5-7,12-16H2,1-4H3,(H,26,31)/b11-9+. The van der Waals surface area contributed by atoms with Gasteiger partial charge >= 0.3 is 0 Å². The first-order chi connectivity index (χ1) is 14.9. The third-order valence-corrected chi connectivity index (χ3v) is 6.29. The molecule has 6 nitrogen and oxygen atoms in total. The van der Waals surface area contributed by atoms with Crippen LogP contribution in [0.1, 0.15) is 43.5 Å². The molecular weight excluding hydrogens is 410 g/mol. The van der Waals surface area contributed by atoms with Gasteiger partial charge in [-0.3, -0.25) is 9.48 Å². The van der Waals surface area contributed by atoms with E-state index in [1.54, 1.807) is 10.8 Å². The van der Waals surface area contributed by atoms with E-state index in [0.29, 0.717) is 5.15 Å². The summed E-state index contributed by atoms with van der Waals surface area (Å²) in [5.41, 5.74) is 4.72. The Morgan fingerprint density at radius 2 is 1.94 bits per heavy atom. The van der Waals surface area contributed by atoms with Crippen molar-refractivity contribution in [2.24, 2.45) is 0 Å². The van der Waals surface area contributed by atoms with Gasteiger partial charge in [0, 0.05) is 55.7 Å². The second-order valence-corrected chi connectivity index (χ2v) is 8.47. The van der Waals surface area contributed by atoms with Gasteiger partial charge in [-0.1, -0.05) is 31.9 Å². The van der Waals surface area contributed by atoms with Crippen molar-refractivity contribution in [2.75, 3.05) is 42.9 Å². The van der Waals surface area contributed by atoms with Crippen molar-refractivity contribution in [1.82, 2.24) is 14.7 Å². The highest BCUT2D eigenvalue weighted by atomic mass is 35.5. The molecule has 1 aromatic heterocycles. The fourth-order valence-electron chi connectivity index (χ4n) is 3.85. The number of hydrogen-bond acceptors (Lipinski definition) is 4. The zero-order valence-electron chi connectivity index (χ0n) is 19.1. The van der Waals surface area contributed by atoms with Crippen molar-refractivity contribution in [3.63, 3.8) is 0 Å². The van der Waals surface area contributed by atoms with E-state index < -0.39 is 0 Å². The summed E-state index contributed by atoms with van der Waals surface area (Å²) in [6, 6.07) is 6.23. The number of halogens is 1. The van der Waals surface area contributed by atoms with Gasteiger partial charge < -0.3 is 15.1 Å². The van der Waals surface area contributed by atoms with E-state index in [2.05, 4.69) is 46.2 Å². The molecule has 168 valence electrons. The average molecular weight is 444 g/mol. The van der Waals surface area contributed by atoms with Crippen molar-refractivity contribution >= 4 is 35.0 Å². The molecule has 0 bridgehead atoms. The number of nitrogens with one attached hydrogen (secondary N) is 1. The molecule has 1 aliphatic heterocycles. The molecule has 1 saturated heterocycles. The second-order valence-electron chi connectivity index (χ2n) is 8.11. The third kappa shape index (κ3) is 5.89. The molecule has 0 atom stereocenters. The minimum atomic E-state index is -0.177. The van der Waals surface area contributed by atoms with E-state index in [1.165, 1.54) is 11.8 Å². The van der Waals surface area contributed by atoms with Gasteiger partial charge in [0.15, 0.2) is 0 Å². The van der Waals surface area contributed by atoms with Gasteiger partial charge in [-0.05, 0) is 56.7 Å². The zero-order chi connectivity index (χ0) is 22.4. The molecule has 0 radical (unpaired) electrons. The minimum Gasteiger partial charge on any atom is -0.369 e. The number of nitrogens with zero attached hydrogens (tertiary/aromatic N) is 4. The summed E-state index contributed by atoms with van der Waals surface area (Å²) >= 11 is 6.45. The van der Waals surface area contributed by atoms with Gasteiger partial charge in [-0.15, -0.1) is 0 Å². The summed E-state index contributed by atoms with van der Waals surface area (Å²) in [7, 11) is 0. The van der Waals surface area contributed by atoms with Crippen LogP contribution in [0.25, 0.3) is 6.08 Å². The molecule has 7 heteroatoms. The summed E-state index contributed by atoms with van der Waals surface area (Å²) in [4.78, 5) is 17.4. The summed E-state index contributed by atoms with van der Waals surface area (Å²) in [5, 5.41) is 8.05. The Bertz CT molecular complexity index is 928. The van der Waals surface area contributed by atoms with Crippen LogP contribution in [-0.4, -0.2) is 53.3 Å². The van der Waals surface area contributed by atoms with Crippen molar-refractivity contribution in [1.29, 1.82) is 0 Å². The maximum atomic E-state index is 12.5. The monoisotopic (exact) mass is 443 g/mol. The number of aromatic nitrogens is 2. The SMILES string of the molecule is CCCCn1nc(C)c(/C=C/C(=O)Nc2ccc(N3CCN(CC)CC3)cc2C)c1Cl. The maximum Gasteiger partial charge on any atom is 0.248 e. The van der Waals surface area contributed by atoms with Crippen LogP contribution in [0.5, 0.6) is 0 Å². The first-order valence-corrected chi connectivity index (χ1v) is 11.6. The van der Waals surface area contributed by atoms with Crippen LogP contribution in [0, 0.1) is 13.8 Å². The first kappa shape index (κ1) is 23.4. The fourth-order valence-corrected chi connectivity index (χ4v) is 4.18. The number of carbonyl (C=O) groups is 1. The minimum absolute atomic E-state index is 0.177. The van der Waals surface area contributed by atoms with E-state index >= 15 is 0 Å². The van der Waals surface area contributed by atoms with Gasteiger partial charge in [0.25, 0.3) is 0 Å². The van der Waals surface area contributed by atoms with Gasteiger partial charge in [-0.2, -0.15) is 5.10 Å². The Labute approximate surface area is 190 Å². The van der Waals surface area contributed by atoms with Crippen molar-refractivity contribution in [2.45, 2.75) is 47.1 Å². The van der Waals surface area contributed by atoms with Crippen LogP contribution >= 0.6 is 11.6 Å². The number of likely N-dealkylation sites (N-methyl/N-ethyl adjacent to an activating group) is 1. The van der Waals surface area contributed by atoms with Crippen molar-refractivity contribution in [3.8, 4) is 0 Å². The number of hydrogen-bond donors (Lipinski definition) is 1. The summed E-state index contributed by atoms with van der Waals surface area (Å²) in [5.74, 6) is -0.177. The number of unbranched alkanes of at least 4 members (excludes halogenated alkanes) is 1. The fraction of sp³-hybridized carbons (Fsp3) is 0.500. The largest absolute Gasteiger partial charge is 0.369 e. The van der Waals surface area contributed by atoms with Gasteiger partial charge in [0.05, 0.1) is 5.69 Å². The lowest BCUT2D eigenvalue weighted by molar-refractivity contribution is -0.111. The predicted octanol–water partition coefficient (Wildman–Crippen LogP) is 4.75. The Hall–Kier alpha value is -2.31. The van der Waals surface area contributed by atoms with Crippen LogP contribution in [0.3, 0.4) is 0 Å². The molecule has 1 N–H and O–H groups in total. The molecule has 1 amide bonds. The normalized spacial score (nSPS) is 15.1. The van der Waals surface area contributed by atoms with Crippen molar-refractivity contribution in [3.05, 3.63) is 46.2 Å². The summed E-state index contributed by atoms with van der Waals surface area (Å²) in [6.07, 6.45) is 5.38. The van der Waals surface area contributed by atoms with Crippen LogP contribution in [0.15, 0.2) is 24.3 Å². The molecule has 2 aromatic rings. The number of carbonyl (C=O) groups excluding carboxylic acids is 1. The van der Waals surface area contributed by atoms with E-state index in [4.69, 9.17) is 11.6 Å². The van der Waals surface area contributed by atoms with Crippen LogP contribution < -0.4 is 10.2 Å².